The second-order valence-corrected chi connectivity index (χ2v) is 7.05. The molecule has 4 nitrogen and oxygen atoms in total. The number of carboxylic acids is 1. The van der Waals surface area contributed by atoms with Gasteiger partial charge in [-0.1, -0.05) is 35.3 Å². The first-order valence-corrected chi connectivity index (χ1v) is 8.10. The van der Waals surface area contributed by atoms with Gasteiger partial charge in [0.25, 0.3) is 0 Å². The highest BCUT2D eigenvalue weighted by atomic mass is 35.5. The van der Waals surface area contributed by atoms with E-state index in [4.69, 9.17) is 23.2 Å². The van der Waals surface area contributed by atoms with Crippen LogP contribution >= 0.6 is 23.2 Å². The first-order chi connectivity index (χ1) is 10.4. The summed E-state index contributed by atoms with van der Waals surface area (Å²) < 4.78 is 0. The highest BCUT2D eigenvalue weighted by Gasteiger charge is 2.53. The molecule has 118 valence electrons. The summed E-state index contributed by atoms with van der Waals surface area (Å²) in [7, 11) is 0. The van der Waals surface area contributed by atoms with Gasteiger partial charge in [-0.2, -0.15) is 0 Å². The number of likely N-dealkylation sites (tertiary alicyclic amines) is 1. The average Bonchev–Trinajstić information content (AvgIpc) is 3.16. The molecule has 1 saturated carbocycles. The Morgan fingerprint density at radius 1 is 1.36 bits per heavy atom. The van der Waals surface area contributed by atoms with Crippen LogP contribution in [-0.2, 0) is 9.59 Å². The second-order valence-electron chi connectivity index (χ2n) is 6.26. The molecule has 1 saturated heterocycles. The third-order valence-electron chi connectivity index (χ3n) is 4.86. The second kappa shape index (κ2) is 5.43. The van der Waals surface area contributed by atoms with Crippen molar-refractivity contribution >= 4 is 35.1 Å². The quantitative estimate of drug-likeness (QED) is 0.914. The van der Waals surface area contributed by atoms with Crippen LogP contribution in [0.4, 0.5) is 0 Å². The van der Waals surface area contributed by atoms with Crippen LogP contribution in [0, 0.1) is 5.92 Å². The van der Waals surface area contributed by atoms with Crippen molar-refractivity contribution in [1.29, 1.82) is 0 Å². The summed E-state index contributed by atoms with van der Waals surface area (Å²) in [6, 6.07) is 5.42. The highest BCUT2D eigenvalue weighted by molar-refractivity contribution is 6.42. The van der Waals surface area contributed by atoms with Crippen molar-refractivity contribution < 1.29 is 14.7 Å². The van der Waals surface area contributed by atoms with E-state index in [1.807, 2.05) is 12.1 Å². The Morgan fingerprint density at radius 2 is 2.09 bits per heavy atom. The number of rotatable bonds is 3. The predicted molar refractivity (Wildman–Crippen MR) is 84.3 cm³/mol. The monoisotopic (exact) mass is 341 g/mol. The molecule has 3 rings (SSSR count). The Kier molecular flexibility index (Phi) is 3.86. The van der Waals surface area contributed by atoms with Crippen LogP contribution in [0.5, 0.6) is 0 Å². The number of nitrogens with zero attached hydrogens (tertiary/aromatic N) is 1. The standard InChI is InChI=1S/C16H17Cl2NO3/c1-16(15(21)22)6-3-7-19(16)14(20)11-8-10(11)9-4-2-5-12(17)13(9)18/h2,4-5,10-11H,3,6-8H2,1H3,(H,21,22). The minimum absolute atomic E-state index is 0.0392. The van der Waals surface area contributed by atoms with Crippen LogP contribution < -0.4 is 0 Å². The van der Waals surface area contributed by atoms with E-state index in [1.165, 1.54) is 4.90 Å². The Labute approximate surface area is 139 Å². The molecular formula is C16H17Cl2NO3. The van der Waals surface area contributed by atoms with Crippen molar-refractivity contribution in [3.8, 4) is 0 Å². The molecule has 0 spiro atoms. The van der Waals surface area contributed by atoms with Crippen molar-refractivity contribution in [3.05, 3.63) is 33.8 Å². The van der Waals surface area contributed by atoms with Gasteiger partial charge in [0, 0.05) is 12.5 Å². The lowest BCUT2D eigenvalue weighted by Gasteiger charge is -2.31. The van der Waals surface area contributed by atoms with Gasteiger partial charge in [-0.15, -0.1) is 0 Å². The maximum Gasteiger partial charge on any atom is 0.329 e. The number of carboxylic acid groups (broad SMARTS) is 1. The van der Waals surface area contributed by atoms with Crippen LogP contribution in [0.1, 0.15) is 37.7 Å². The van der Waals surface area contributed by atoms with E-state index < -0.39 is 11.5 Å². The number of carbonyl (C=O) groups excluding carboxylic acids is 1. The SMILES string of the molecule is CC1(C(=O)O)CCCN1C(=O)C1CC1c1cccc(Cl)c1Cl. The van der Waals surface area contributed by atoms with Crippen LogP contribution in [-0.4, -0.2) is 34.0 Å². The largest absolute Gasteiger partial charge is 0.480 e. The molecule has 2 aliphatic rings. The summed E-state index contributed by atoms with van der Waals surface area (Å²) in [5, 5.41) is 10.4. The van der Waals surface area contributed by atoms with Crippen molar-refractivity contribution in [1.82, 2.24) is 4.90 Å². The van der Waals surface area contributed by atoms with Gasteiger partial charge in [-0.05, 0) is 43.7 Å². The minimum Gasteiger partial charge on any atom is -0.480 e. The van der Waals surface area contributed by atoms with Crippen LogP contribution in [0.2, 0.25) is 10.0 Å². The lowest BCUT2D eigenvalue weighted by molar-refractivity contribution is -0.155. The van der Waals surface area contributed by atoms with E-state index in [0.717, 1.165) is 12.0 Å². The van der Waals surface area contributed by atoms with E-state index in [0.29, 0.717) is 29.4 Å². The Morgan fingerprint density at radius 3 is 2.77 bits per heavy atom. The number of hydrogen-bond acceptors (Lipinski definition) is 2. The number of amides is 1. The normalized spacial score (nSPS) is 30.4. The molecule has 1 heterocycles. The van der Waals surface area contributed by atoms with E-state index in [1.54, 1.807) is 13.0 Å². The zero-order valence-electron chi connectivity index (χ0n) is 12.2. The lowest BCUT2D eigenvalue weighted by atomic mass is 9.98. The zero-order chi connectivity index (χ0) is 16.1. The van der Waals surface area contributed by atoms with Gasteiger partial charge in [-0.3, -0.25) is 4.79 Å². The molecule has 1 aromatic carbocycles. The molecule has 3 unspecified atom stereocenters. The zero-order valence-corrected chi connectivity index (χ0v) is 13.7. The number of halogens is 2. The molecule has 1 amide bonds. The van der Waals surface area contributed by atoms with Crippen molar-refractivity contribution in [2.75, 3.05) is 6.54 Å². The number of hydrogen-bond donors (Lipinski definition) is 1. The summed E-state index contributed by atoms with van der Waals surface area (Å²) in [5.74, 6) is -1.16. The van der Waals surface area contributed by atoms with Gasteiger partial charge < -0.3 is 10.0 Å². The molecule has 1 aliphatic heterocycles. The smallest absolute Gasteiger partial charge is 0.329 e. The van der Waals surface area contributed by atoms with Gasteiger partial charge >= 0.3 is 5.97 Å². The number of carbonyl (C=O) groups is 2. The fourth-order valence-corrected chi connectivity index (χ4v) is 3.81. The molecule has 0 radical (unpaired) electrons. The lowest BCUT2D eigenvalue weighted by Crippen LogP contribution is -2.51. The fraction of sp³-hybridized carbons (Fsp3) is 0.500. The average molecular weight is 342 g/mol. The van der Waals surface area contributed by atoms with Crippen LogP contribution in [0.15, 0.2) is 18.2 Å². The van der Waals surface area contributed by atoms with Gasteiger partial charge in [0.05, 0.1) is 10.0 Å². The summed E-state index contributed by atoms with van der Waals surface area (Å²) in [5.41, 5.74) is -0.203. The molecule has 2 fully saturated rings. The van der Waals surface area contributed by atoms with Crippen molar-refractivity contribution in [3.63, 3.8) is 0 Å². The summed E-state index contributed by atoms with van der Waals surface area (Å²) in [4.78, 5) is 25.7. The molecule has 1 aromatic rings. The fourth-order valence-electron chi connectivity index (χ4n) is 3.36. The summed E-state index contributed by atoms with van der Waals surface area (Å²) in [6.45, 7) is 2.14. The maximum absolute atomic E-state index is 12.7. The number of benzene rings is 1. The molecule has 1 aliphatic carbocycles. The molecule has 0 aromatic heterocycles. The van der Waals surface area contributed by atoms with Crippen molar-refractivity contribution in [2.24, 2.45) is 5.92 Å². The maximum atomic E-state index is 12.7. The van der Waals surface area contributed by atoms with E-state index >= 15 is 0 Å². The third-order valence-corrected chi connectivity index (χ3v) is 5.69. The summed E-state index contributed by atoms with van der Waals surface area (Å²) in [6.07, 6.45) is 1.93. The third kappa shape index (κ3) is 2.38. The Bertz CT molecular complexity index is 648. The number of aliphatic carboxylic acids is 1. The first kappa shape index (κ1) is 15.6. The van der Waals surface area contributed by atoms with E-state index in [9.17, 15) is 14.7 Å². The van der Waals surface area contributed by atoms with Gasteiger partial charge in [0.15, 0.2) is 0 Å². The van der Waals surface area contributed by atoms with Gasteiger partial charge in [0.2, 0.25) is 5.91 Å². The molecule has 1 N–H and O–H groups in total. The van der Waals surface area contributed by atoms with Gasteiger partial charge in [-0.25, -0.2) is 4.79 Å². The topological polar surface area (TPSA) is 57.6 Å². The Hall–Kier alpha value is -1.26. The minimum atomic E-state index is -1.08. The van der Waals surface area contributed by atoms with Gasteiger partial charge in [0.1, 0.15) is 5.54 Å². The molecule has 22 heavy (non-hydrogen) atoms. The van der Waals surface area contributed by atoms with E-state index in [-0.39, 0.29) is 17.7 Å². The van der Waals surface area contributed by atoms with Crippen molar-refractivity contribution in [2.45, 2.75) is 37.6 Å². The molecular weight excluding hydrogens is 325 g/mol. The van der Waals surface area contributed by atoms with Crippen LogP contribution in [0.25, 0.3) is 0 Å². The molecule has 0 bridgehead atoms. The molecule has 6 heteroatoms. The van der Waals surface area contributed by atoms with Crippen LogP contribution in [0.3, 0.4) is 0 Å². The highest BCUT2D eigenvalue weighted by Crippen LogP contribution is 2.52. The first-order valence-electron chi connectivity index (χ1n) is 7.35. The van der Waals surface area contributed by atoms with E-state index in [2.05, 4.69) is 0 Å². The summed E-state index contributed by atoms with van der Waals surface area (Å²) >= 11 is 12.2. The molecule has 3 atom stereocenters. The predicted octanol–water partition coefficient (Wildman–Crippen LogP) is 3.56. The Balaban J connectivity index is 1.79.